The molecular weight excluding hydrogens is 417 g/mol. The van der Waals surface area contributed by atoms with Gasteiger partial charge in [0.25, 0.3) is 0 Å². The topological polar surface area (TPSA) is 49.6 Å². The summed E-state index contributed by atoms with van der Waals surface area (Å²) in [5.41, 5.74) is 9.20. The normalized spacial score (nSPS) is 21.2. The minimum atomic E-state index is 0. The molecule has 4 nitrogen and oxygen atoms in total. The first kappa shape index (κ1) is 26.3. The van der Waals surface area contributed by atoms with Gasteiger partial charge in [0.05, 0.1) is 0 Å². The van der Waals surface area contributed by atoms with E-state index < -0.39 is 0 Å². The molecule has 2 N–H and O–H groups in total. The molecule has 2 aromatic carbocycles. The Morgan fingerprint density at radius 1 is 1.00 bits per heavy atom. The third kappa shape index (κ3) is 6.63. The Bertz CT molecular complexity index is 775. The van der Waals surface area contributed by atoms with Gasteiger partial charge < -0.3 is 10.6 Å². The predicted octanol–water partition coefficient (Wildman–Crippen LogP) is 4.66. The highest BCUT2D eigenvalue weighted by Gasteiger charge is 2.36. The van der Waals surface area contributed by atoms with Crippen LogP contribution in [0.5, 0.6) is 0 Å². The van der Waals surface area contributed by atoms with Gasteiger partial charge in [0, 0.05) is 44.8 Å². The number of hydrogen-bond acceptors (Lipinski definition) is 3. The van der Waals surface area contributed by atoms with Crippen molar-refractivity contribution in [2.24, 2.45) is 11.8 Å². The van der Waals surface area contributed by atoms with Gasteiger partial charge >= 0.3 is 0 Å². The molecule has 1 saturated heterocycles. The molecule has 0 spiro atoms. The number of nitrogens with two attached hydrogens (primary N) is 1. The van der Waals surface area contributed by atoms with Crippen LogP contribution in [0.3, 0.4) is 0 Å². The van der Waals surface area contributed by atoms with E-state index in [9.17, 15) is 4.79 Å². The number of likely N-dealkylation sites (tertiary alicyclic amines) is 1. The number of carbonyl (C=O) groups is 1. The Labute approximate surface area is 193 Å². The van der Waals surface area contributed by atoms with Crippen LogP contribution in [0.4, 0.5) is 5.69 Å². The van der Waals surface area contributed by atoms with E-state index in [1.807, 2.05) is 36.2 Å². The molecule has 6 heteroatoms. The van der Waals surface area contributed by atoms with Crippen LogP contribution >= 0.6 is 24.8 Å². The monoisotopic (exact) mass is 451 g/mol. The summed E-state index contributed by atoms with van der Waals surface area (Å²) < 4.78 is 0. The number of rotatable bonds is 6. The summed E-state index contributed by atoms with van der Waals surface area (Å²) in [5, 5.41) is 0. The molecule has 1 fully saturated rings. The number of amides is 1. The van der Waals surface area contributed by atoms with E-state index in [0.717, 1.165) is 30.9 Å². The third-order valence-corrected chi connectivity index (χ3v) is 6.01. The van der Waals surface area contributed by atoms with Crippen molar-refractivity contribution < 1.29 is 4.79 Å². The van der Waals surface area contributed by atoms with E-state index in [4.69, 9.17) is 5.73 Å². The molecule has 0 bridgehead atoms. The lowest BCUT2D eigenvalue weighted by Gasteiger charge is -2.45. The summed E-state index contributed by atoms with van der Waals surface area (Å²) in [5.74, 6) is 1.11. The first-order valence-corrected chi connectivity index (χ1v) is 10.3. The van der Waals surface area contributed by atoms with Crippen LogP contribution in [-0.2, 0) is 17.8 Å². The van der Waals surface area contributed by atoms with Crippen LogP contribution in [0.2, 0.25) is 0 Å². The number of nitrogen functional groups attached to an aromatic ring is 1. The van der Waals surface area contributed by atoms with Gasteiger partial charge in [-0.25, -0.2) is 0 Å². The zero-order chi connectivity index (χ0) is 20.1. The SMILES string of the molecule is CC1CN(Cc2ccccc2)CC(C)C1N(C)C(=O)CCc1ccccc1N.Cl.Cl. The second kappa shape index (κ2) is 12.2. The largest absolute Gasteiger partial charge is 0.399 e. The summed E-state index contributed by atoms with van der Waals surface area (Å²) in [6.07, 6.45) is 1.21. The van der Waals surface area contributed by atoms with Crippen molar-refractivity contribution in [3.05, 3.63) is 65.7 Å². The molecule has 0 saturated carbocycles. The average Bonchev–Trinajstić information content (AvgIpc) is 2.67. The maximum atomic E-state index is 12.9. The molecule has 0 aromatic heterocycles. The number of benzene rings is 2. The van der Waals surface area contributed by atoms with Crippen molar-refractivity contribution in [2.45, 2.75) is 39.3 Å². The maximum Gasteiger partial charge on any atom is 0.222 e. The van der Waals surface area contributed by atoms with E-state index in [1.165, 1.54) is 5.56 Å². The van der Waals surface area contributed by atoms with Crippen LogP contribution in [0.15, 0.2) is 54.6 Å². The van der Waals surface area contributed by atoms with Crippen molar-refractivity contribution in [2.75, 3.05) is 25.9 Å². The van der Waals surface area contributed by atoms with Gasteiger partial charge in [0.15, 0.2) is 0 Å². The molecule has 2 unspecified atom stereocenters. The lowest BCUT2D eigenvalue weighted by Crippen LogP contribution is -2.55. The smallest absolute Gasteiger partial charge is 0.222 e. The number of halogens is 2. The number of hydrogen-bond donors (Lipinski definition) is 1. The number of aryl methyl sites for hydroxylation is 1. The number of piperidine rings is 1. The molecule has 2 aromatic rings. The summed E-state index contributed by atoms with van der Waals surface area (Å²) in [4.78, 5) is 17.4. The number of nitrogens with zero attached hydrogens (tertiary/aromatic N) is 2. The Hall–Kier alpha value is -1.75. The fraction of sp³-hybridized carbons (Fsp3) is 0.458. The van der Waals surface area contributed by atoms with Crippen LogP contribution < -0.4 is 5.73 Å². The van der Waals surface area contributed by atoms with Crippen molar-refractivity contribution >= 4 is 36.4 Å². The highest BCUT2D eigenvalue weighted by atomic mass is 35.5. The van der Waals surface area contributed by atoms with Gasteiger partial charge in [-0.05, 0) is 35.4 Å². The average molecular weight is 452 g/mol. The molecule has 166 valence electrons. The number of para-hydroxylation sites is 1. The van der Waals surface area contributed by atoms with E-state index >= 15 is 0 Å². The van der Waals surface area contributed by atoms with Gasteiger partial charge in [0.1, 0.15) is 0 Å². The summed E-state index contributed by atoms with van der Waals surface area (Å²) >= 11 is 0. The second-order valence-corrected chi connectivity index (χ2v) is 8.33. The molecule has 30 heavy (non-hydrogen) atoms. The minimum Gasteiger partial charge on any atom is -0.399 e. The van der Waals surface area contributed by atoms with Crippen molar-refractivity contribution in [1.29, 1.82) is 0 Å². The van der Waals surface area contributed by atoms with E-state index in [0.29, 0.717) is 24.7 Å². The first-order valence-electron chi connectivity index (χ1n) is 10.3. The molecule has 0 aliphatic carbocycles. The van der Waals surface area contributed by atoms with E-state index in [1.54, 1.807) is 0 Å². The fourth-order valence-electron chi connectivity index (χ4n) is 4.75. The molecule has 1 amide bonds. The van der Waals surface area contributed by atoms with Crippen LogP contribution in [0, 0.1) is 11.8 Å². The number of anilines is 1. The lowest BCUT2D eigenvalue weighted by molar-refractivity contribution is -0.135. The molecule has 2 atom stereocenters. The maximum absolute atomic E-state index is 12.9. The zero-order valence-electron chi connectivity index (χ0n) is 18.2. The minimum absolute atomic E-state index is 0. The third-order valence-electron chi connectivity index (χ3n) is 6.01. The zero-order valence-corrected chi connectivity index (χ0v) is 19.8. The number of carbonyl (C=O) groups excluding carboxylic acids is 1. The van der Waals surface area contributed by atoms with Crippen LogP contribution in [0.25, 0.3) is 0 Å². The first-order chi connectivity index (χ1) is 13.5. The lowest BCUT2D eigenvalue weighted by atomic mass is 9.84. The highest BCUT2D eigenvalue weighted by Crippen LogP contribution is 2.28. The van der Waals surface area contributed by atoms with Crippen molar-refractivity contribution in [1.82, 2.24) is 9.80 Å². The fourth-order valence-corrected chi connectivity index (χ4v) is 4.75. The molecule has 1 heterocycles. The Kier molecular flexibility index (Phi) is 10.7. The van der Waals surface area contributed by atoms with Crippen LogP contribution in [-0.4, -0.2) is 41.9 Å². The van der Waals surface area contributed by atoms with Gasteiger partial charge in [-0.2, -0.15) is 0 Å². The van der Waals surface area contributed by atoms with Gasteiger partial charge in [-0.3, -0.25) is 9.69 Å². The van der Waals surface area contributed by atoms with Gasteiger partial charge in [-0.15, -0.1) is 24.8 Å². The van der Waals surface area contributed by atoms with Gasteiger partial charge in [0.2, 0.25) is 5.91 Å². The summed E-state index contributed by atoms with van der Waals surface area (Å²) in [6.45, 7) is 7.57. The van der Waals surface area contributed by atoms with Crippen LogP contribution in [0.1, 0.15) is 31.4 Å². The Balaban J connectivity index is 0.00000225. The Morgan fingerprint density at radius 3 is 2.17 bits per heavy atom. The van der Waals surface area contributed by atoms with Gasteiger partial charge in [-0.1, -0.05) is 62.4 Å². The molecule has 1 aliphatic heterocycles. The molecular formula is C24H35Cl2N3O. The molecule has 1 aliphatic rings. The van der Waals surface area contributed by atoms with Crippen molar-refractivity contribution in [3.8, 4) is 0 Å². The van der Waals surface area contributed by atoms with E-state index in [2.05, 4.69) is 49.1 Å². The highest BCUT2D eigenvalue weighted by molar-refractivity contribution is 5.85. The Morgan fingerprint density at radius 2 is 1.57 bits per heavy atom. The predicted molar refractivity (Wildman–Crippen MR) is 130 cm³/mol. The quantitative estimate of drug-likeness (QED) is 0.649. The molecule has 0 radical (unpaired) electrons. The summed E-state index contributed by atoms with van der Waals surface area (Å²) in [6, 6.07) is 18.7. The molecule has 3 rings (SSSR count). The summed E-state index contributed by atoms with van der Waals surface area (Å²) in [7, 11) is 1.97. The van der Waals surface area contributed by atoms with E-state index in [-0.39, 0.29) is 36.8 Å². The van der Waals surface area contributed by atoms with Crippen molar-refractivity contribution in [3.63, 3.8) is 0 Å². The standard InChI is InChI=1S/C24H33N3O.2ClH/c1-18-15-27(17-20-9-5-4-6-10-20)16-19(2)24(18)26(3)23(28)14-13-21-11-7-8-12-22(21)25;;/h4-12,18-19,24H,13-17,25H2,1-3H3;2*1H. The second-order valence-electron chi connectivity index (χ2n) is 8.33.